The highest BCUT2D eigenvalue weighted by Gasteiger charge is 2.28. The molecule has 0 aliphatic heterocycles. The van der Waals surface area contributed by atoms with E-state index in [-0.39, 0.29) is 17.7 Å². The number of aliphatic hydroxyl groups excluding tert-OH is 1. The van der Waals surface area contributed by atoms with Crippen molar-refractivity contribution in [3.05, 3.63) is 22.2 Å². The van der Waals surface area contributed by atoms with E-state index in [0.29, 0.717) is 11.7 Å². The minimum atomic E-state index is -0.387. The average Bonchev–Trinajstić information content (AvgIpc) is 3.20. The topological polar surface area (TPSA) is 78.0 Å². The van der Waals surface area contributed by atoms with Crippen LogP contribution in [0, 0.1) is 0 Å². The van der Waals surface area contributed by atoms with Gasteiger partial charge < -0.3 is 15.4 Å². The summed E-state index contributed by atoms with van der Waals surface area (Å²) in [6.07, 6.45) is 3.76. The fourth-order valence-corrected chi connectivity index (χ4v) is 2.05. The van der Waals surface area contributed by atoms with E-state index in [2.05, 4.69) is 15.3 Å². The molecule has 1 heterocycles. The molecule has 0 amide bonds. The Morgan fingerprint density at radius 3 is 2.67 bits per heavy atom. The maximum Gasteiger partial charge on any atom is 0.252 e. The SMILES string of the molecule is CCC(CC)(CO)Nc1cc(=O)[nH]c(C2CC2)n1. The van der Waals surface area contributed by atoms with Crippen LogP contribution in [-0.4, -0.2) is 27.2 Å². The fraction of sp³-hybridized carbons (Fsp3) is 0.692. The second-order valence-corrected chi connectivity index (χ2v) is 5.06. The summed E-state index contributed by atoms with van der Waals surface area (Å²) < 4.78 is 0. The molecule has 1 aliphatic carbocycles. The normalized spacial score (nSPS) is 15.7. The monoisotopic (exact) mass is 251 g/mol. The second kappa shape index (κ2) is 5.10. The van der Waals surface area contributed by atoms with Crippen molar-refractivity contribution in [3.8, 4) is 0 Å². The van der Waals surface area contributed by atoms with Crippen LogP contribution in [0.5, 0.6) is 0 Å². The van der Waals surface area contributed by atoms with Gasteiger partial charge in [0, 0.05) is 12.0 Å². The number of rotatable bonds is 6. The van der Waals surface area contributed by atoms with Crippen molar-refractivity contribution >= 4 is 5.82 Å². The molecule has 1 aromatic heterocycles. The van der Waals surface area contributed by atoms with E-state index in [1.807, 2.05) is 13.8 Å². The van der Waals surface area contributed by atoms with Crippen LogP contribution in [0.15, 0.2) is 10.9 Å². The average molecular weight is 251 g/mol. The molecule has 0 spiro atoms. The maximum absolute atomic E-state index is 11.6. The van der Waals surface area contributed by atoms with Gasteiger partial charge in [-0.3, -0.25) is 4.79 Å². The first-order valence-corrected chi connectivity index (χ1v) is 6.62. The summed E-state index contributed by atoms with van der Waals surface area (Å²) in [5.41, 5.74) is -0.518. The van der Waals surface area contributed by atoms with Crippen LogP contribution >= 0.6 is 0 Å². The van der Waals surface area contributed by atoms with E-state index in [4.69, 9.17) is 0 Å². The lowest BCUT2D eigenvalue weighted by Crippen LogP contribution is -2.41. The molecule has 0 bridgehead atoms. The minimum absolute atomic E-state index is 0.0350. The van der Waals surface area contributed by atoms with Gasteiger partial charge in [-0.25, -0.2) is 4.98 Å². The van der Waals surface area contributed by atoms with Crippen molar-refractivity contribution in [1.82, 2.24) is 9.97 Å². The molecule has 18 heavy (non-hydrogen) atoms. The Morgan fingerprint density at radius 2 is 2.17 bits per heavy atom. The number of nitrogens with one attached hydrogen (secondary N) is 2. The summed E-state index contributed by atoms with van der Waals surface area (Å²) in [6.45, 7) is 4.07. The van der Waals surface area contributed by atoms with Crippen LogP contribution in [-0.2, 0) is 0 Å². The molecule has 5 nitrogen and oxygen atoms in total. The highest BCUT2D eigenvalue weighted by atomic mass is 16.3. The van der Waals surface area contributed by atoms with Crippen molar-refractivity contribution in [1.29, 1.82) is 0 Å². The molecule has 1 aliphatic rings. The van der Waals surface area contributed by atoms with Gasteiger partial charge in [0.25, 0.3) is 5.56 Å². The maximum atomic E-state index is 11.6. The van der Waals surface area contributed by atoms with Gasteiger partial charge in [0.1, 0.15) is 11.6 Å². The van der Waals surface area contributed by atoms with Gasteiger partial charge in [0.2, 0.25) is 0 Å². The number of hydrogen-bond acceptors (Lipinski definition) is 4. The summed E-state index contributed by atoms with van der Waals surface area (Å²) in [5.74, 6) is 1.74. The number of aliphatic hydroxyl groups is 1. The standard InChI is InChI=1S/C13H21N3O2/c1-3-13(4-2,8-17)16-10-7-11(18)15-12(14-10)9-5-6-9/h7,9,17H,3-6,8H2,1-2H3,(H2,14,15,16,18). The Bertz CT molecular complexity index is 453. The molecule has 1 fully saturated rings. The Balaban J connectivity index is 2.24. The highest BCUT2D eigenvalue weighted by Crippen LogP contribution is 2.37. The summed E-state index contributed by atoms with van der Waals surface area (Å²) in [6, 6.07) is 1.46. The van der Waals surface area contributed by atoms with Crippen molar-refractivity contribution in [2.75, 3.05) is 11.9 Å². The molecule has 0 aromatic carbocycles. The van der Waals surface area contributed by atoms with Gasteiger partial charge in [0.15, 0.2) is 0 Å². The zero-order chi connectivity index (χ0) is 13.2. The van der Waals surface area contributed by atoms with Gasteiger partial charge in [0.05, 0.1) is 12.1 Å². The first-order chi connectivity index (χ1) is 8.62. The number of aromatic nitrogens is 2. The second-order valence-electron chi connectivity index (χ2n) is 5.06. The molecule has 0 radical (unpaired) electrons. The number of H-pyrrole nitrogens is 1. The third-order valence-corrected chi connectivity index (χ3v) is 3.77. The third kappa shape index (κ3) is 2.72. The van der Waals surface area contributed by atoms with E-state index in [1.165, 1.54) is 6.07 Å². The predicted octanol–water partition coefficient (Wildman–Crippen LogP) is 1.61. The van der Waals surface area contributed by atoms with Crippen LogP contribution < -0.4 is 10.9 Å². The molecule has 100 valence electrons. The van der Waals surface area contributed by atoms with Gasteiger partial charge >= 0.3 is 0 Å². The predicted molar refractivity (Wildman–Crippen MR) is 70.9 cm³/mol. The fourth-order valence-electron chi connectivity index (χ4n) is 2.05. The van der Waals surface area contributed by atoms with Crippen LogP contribution in [0.3, 0.4) is 0 Å². The van der Waals surface area contributed by atoms with Crippen LogP contribution in [0.25, 0.3) is 0 Å². The molecular formula is C13H21N3O2. The molecule has 1 aromatic rings. The molecule has 2 rings (SSSR count). The summed E-state index contributed by atoms with van der Waals surface area (Å²) in [4.78, 5) is 18.8. The Hall–Kier alpha value is -1.36. The minimum Gasteiger partial charge on any atom is -0.394 e. The van der Waals surface area contributed by atoms with Gasteiger partial charge in [-0.05, 0) is 25.7 Å². The van der Waals surface area contributed by atoms with Crippen molar-refractivity contribution in [2.45, 2.75) is 51.0 Å². The molecule has 5 heteroatoms. The molecule has 1 saturated carbocycles. The molecule has 3 N–H and O–H groups in total. The Kier molecular flexibility index (Phi) is 3.71. The lowest BCUT2D eigenvalue weighted by molar-refractivity contribution is 0.202. The first-order valence-electron chi connectivity index (χ1n) is 6.62. The first kappa shape index (κ1) is 13.1. The van der Waals surface area contributed by atoms with Gasteiger partial charge in [-0.15, -0.1) is 0 Å². The van der Waals surface area contributed by atoms with Crippen LogP contribution in [0.1, 0.15) is 51.3 Å². The molecule has 0 atom stereocenters. The van der Waals surface area contributed by atoms with E-state index < -0.39 is 0 Å². The molecule has 0 unspecified atom stereocenters. The lowest BCUT2D eigenvalue weighted by Gasteiger charge is -2.31. The zero-order valence-corrected chi connectivity index (χ0v) is 11.0. The van der Waals surface area contributed by atoms with Gasteiger partial charge in [-0.2, -0.15) is 0 Å². The zero-order valence-electron chi connectivity index (χ0n) is 11.0. The quantitative estimate of drug-likeness (QED) is 0.717. The lowest BCUT2D eigenvalue weighted by atomic mass is 9.94. The number of hydrogen-bond donors (Lipinski definition) is 3. The molecule has 0 saturated heterocycles. The van der Waals surface area contributed by atoms with Crippen LogP contribution in [0.2, 0.25) is 0 Å². The summed E-state index contributed by atoms with van der Waals surface area (Å²) in [7, 11) is 0. The van der Waals surface area contributed by atoms with Gasteiger partial charge in [-0.1, -0.05) is 13.8 Å². The number of anilines is 1. The van der Waals surface area contributed by atoms with Crippen molar-refractivity contribution < 1.29 is 5.11 Å². The Morgan fingerprint density at radius 1 is 1.50 bits per heavy atom. The largest absolute Gasteiger partial charge is 0.394 e. The summed E-state index contributed by atoms with van der Waals surface area (Å²) >= 11 is 0. The highest BCUT2D eigenvalue weighted by molar-refractivity contribution is 5.37. The van der Waals surface area contributed by atoms with E-state index in [0.717, 1.165) is 31.5 Å². The van der Waals surface area contributed by atoms with E-state index in [1.54, 1.807) is 0 Å². The third-order valence-electron chi connectivity index (χ3n) is 3.77. The van der Waals surface area contributed by atoms with Crippen molar-refractivity contribution in [3.63, 3.8) is 0 Å². The smallest absolute Gasteiger partial charge is 0.252 e. The van der Waals surface area contributed by atoms with E-state index in [9.17, 15) is 9.90 Å². The number of nitrogens with zero attached hydrogens (tertiary/aromatic N) is 1. The van der Waals surface area contributed by atoms with E-state index >= 15 is 0 Å². The Labute approximate surface area is 107 Å². The molecular weight excluding hydrogens is 230 g/mol. The van der Waals surface area contributed by atoms with Crippen molar-refractivity contribution in [2.24, 2.45) is 0 Å². The number of aromatic amines is 1. The summed E-state index contributed by atoms with van der Waals surface area (Å²) in [5, 5.41) is 12.7. The van der Waals surface area contributed by atoms with Crippen LogP contribution in [0.4, 0.5) is 5.82 Å².